The molecule has 0 aliphatic carbocycles. The van der Waals surface area contributed by atoms with Crippen molar-refractivity contribution in [3.05, 3.63) is 48.0 Å². The number of carbonyl (C=O) groups is 1. The van der Waals surface area contributed by atoms with E-state index in [-0.39, 0.29) is 21.7 Å². The number of rotatable bonds is 7. The van der Waals surface area contributed by atoms with Gasteiger partial charge >= 0.3 is 0 Å². The molecule has 0 radical (unpaired) electrons. The number of hydrogen-bond acceptors (Lipinski definition) is 7. The second-order valence-electron chi connectivity index (χ2n) is 8.23. The molecule has 2 fully saturated rings. The molecule has 2 heterocycles. The van der Waals surface area contributed by atoms with Crippen molar-refractivity contribution in [3.63, 3.8) is 0 Å². The Morgan fingerprint density at radius 1 is 1.06 bits per heavy atom. The van der Waals surface area contributed by atoms with Gasteiger partial charge in [-0.05, 0) is 61.7 Å². The largest absolute Gasteiger partial charge is 0.497 e. The fourth-order valence-corrected chi connectivity index (χ4v) is 5.68. The maximum absolute atomic E-state index is 13.1. The number of methoxy groups -OCH3 is 2. The molecule has 32 heavy (non-hydrogen) atoms. The SMILES string of the molecule is COc1cc(OC)cc(S(=O)(=O)c2ccc(CNC(=O)C3CC4CNCCC4N3)cc2)c1. The van der Waals surface area contributed by atoms with Gasteiger partial charge in [0.2, 0.25) is 15.7 Å². The van der Waals surface area contributed by atoms with E-state index >= 15 is 0 Å². The first kappa shape index (κ1) is 22.6. The fraction of sp³-hybridized carbons (Fsp3) is 0.435. The van der Waals surface area contributed by atoms with Crippen LogP contribution in [0.2, 0.25) is 0 Å². The Labute approximate surface area is 188 Å². The number of nitrogens with one attached hydrogen (secondary N) is 3. The highest BCUT2D eigenvalue weighted by molar-refractivity contribution is 7.91. The first-order chi connectivity index (χ1) is 15.4. The van der Waals surface area contributed by atoms with Gasteiger partial charge in [-0.25, -0.2) is 8.42 Å². The number of fused-ring (bicyclic) bond motifs is 1. The summed E-state index contributed by atoms with van der Waals surface area (Å²) in [6.45, 7) is 2.29. The third-order valence-electron chi connectivity index (χ3n) is 6.21. The summed E-state index contributed by atoms with van der Waals surface area (Å²) in [6.07, 6.45) is 1.88. The average molecular weight is 460 g/mol. The normalized spacial score (nSPS) is 22.8. The summed E-state index contributed by atoms with van der Waals surface area (Å²) >= 11 is 0. The monoisotopic (exact) mass is 459 g/mol. The van der Waals surface area contributed by atoms with Gasteiger partial charge in [-0.1, -0.05) is 12.1 Å². The van der Waals surface area contributed by atoms with E-state index in [1.807, 2.05) is 0 Å². The molecule has 172 valence electrons. The van der Waals surface area contributed by atoms with E-state index in [2.05, 4.69) is 16.0 Å². The number of amides is 1. The Balaban J connectivity index is 1.40. The zero-order chi connectivity index (χ0) is 22.7. The van der Waals surface area contributed by atoms with Crippen LogP contribution in [0, 0.1) is 5.92 Å². The molecule has 0 aromatic heterocycles. The number of sulfone groups is 1. The Morgan fingerprint density at radius 2 is 1.75 bits per heavy atom. The summed E-state index contributed by atoms with van der Waals surface area (Å²) in [5.41, 5.74) is 0.831. The maximum Gasteiger partial charge on any atom is 0.237 e. The van der Waals surface area contributed by atoms with Crippen molar-refractivity contribution in [2.24, 2.45) is 5.92 Å². The lowest BCUT2D eigenvalue weighted by Crippen LogP contribution is -2.45. The maximum atomic E-state index is 13.1. The van der Waals surface area contributed by atoms with E-state index in [9.17, 15) is 13.2 Å². The van der Waals surface area contributed by atoms with E-state index in [1.54, 1.807) is 30.3 Å². The molecule has 2 aromatic rings. The predicted octanol–water partition coefficient (Wildman–Crippen LogP) is 1.49. The summed E-state index contributed by atoms with van der Waals surface area (Å²) in [4.78, 5) is 12.8. The van der Waals surface area contributed by atoms with Crippen molar-refractivity contribution in [2.45, 2.75) is 41.3 Å². The topological polar surface area (TPSA) is 106 Å². The van der Waals surface area contributed by atoms with Crippen LogP contribution < -0.4 is 25.4 Å². The highest BCUT2D eigenvalue weighted by atomic mass is 32.2. The molecule has 0 spiro atoms. The van der Waals surface area contributed by atoms with Crippen molar-refractivity contribution in [1.82, 2.24) is 16.0 Å². The van der Waals surface area contributed by atoms with Gasteiger partial charge in [-0.15, -0.1) is 0 Å². The molecule has 3 unspecified atom stereocenters. The fourth-order valence-electron chi connectivity index (χ4n) is 4.37. The molecule has 0 saturated carbocycles. The minimum Gasteiger partial charge on any atom is -0.497 e. The van der Waals surface area contributed by atoms with Gasteiger partial charge in [0.15, 0.2) is 0 Å². The number of hydrogen-bond donors (Lipinski definition) is 3. The van der Waals surface area contributed by atoms with Crippen LogP contribution in [0.5, 0.6) is 11.5 Å². The molecule has 2 aliphatic heterocycles. The number of benzene rings is 2. The van der Waals surface area contributed by atoms with E-state index in [4.69, 9.17) is 9.47 Å². The van der Waals surface area contributed by atoms with Crippen molar-refractivity contribution in [2.75, 3.05) is 27.3 Å². The number of carbonyl (C=O) groups excluding carboxylic acids is 1. The standard InChI is InChI=1S/C23H29N3O5S/c1-30-17-10-18(31-2)12-20(11-17)32(28,29)19-5-3-15(4-6-19)13-25-23(27)22-9-16-14-24-8-7-21(16)26-22/h3-6,10-12,16,21-22,24,26H,7-9,13-14H2,1-2H3,(H,25,27). The molecular weight excluding hydrogens is 430 g/mol. The molecule has 0 bridgehead atoms. The summed E-state index contributed by atoms with van der Waals surface area (Å²) in [7, 11) is -0.796. The van der Waals surface area contributed by atoms with Crippen molar-refractivity contribution in [1.29, 1.82) is 0 Å². The predicted molar refractivity (Wildman–Crippen MR) is 120 cm³/mol. The van der Waals surface area contributed by atoms with E-state index in [0.29, 0.717) is 30.0 Å². The second kappa shape index (κ2) is 9.48. The third kappa shape index (κ3) is 4.74. The van der Waals surface area contributed by atoms with Crippen molar-refractivity contribution in [3.8, 4) is 11.5 Å². The Bertz CT molecular complexity index is 1040. The van der Waals surface area contributed by atoms with Gasteiger partial charge in [-0.3, -0.25) is 4.79 Å². The molecule has 8 nitrogen and oxygen atoms in total. The van der Waals surface area contributed by atoms with Gasteiger partial charge < -0.3 is 25.4 Å². The Morgan fingerprint density at radius 3 is 2.38 bits per heavy atom. The van der Waals surface area contributed by atoms with Gasteiger partial charge in [0.1, 0.15) is 11.5 Å². The summed E-state index contributed by atoms with van der Waals surface area (Å²) in [5, 5.41) is 9.79. The van der Waals surface area contributed by atoms with Crippen LogP contribution in [0.1, 0.15) is 18.4 Å². The lowest BCUT2D eigenvalue weighted by atomic mass is 9.94. The molecular formula is C23H29N3O5S. The molecule has 4 rings (SSSR count). The van der Waals surface area contributed by atoms with Crippen LogP contribution in [0.15, 0.2) is 52.3 Å². The highest BCUT2D eigenvalue weighted by Crippen LogP contribution is 2.29. The molecule has 9 heteroatoms. The van der Waals surface area contributed by atoms with Gasteiger partial charge in [0, 0.05) is 18.7 Å². The van der Waals surface area contributed by atoms with Crippen LogP contribution in [-0.4, -0.2) is 53.7 Å². The van der Waals surface area contributed by atoms with Crippen LogP contribution in [0.3, 0.4) is 0 Å². The minimum absolute atomic E-state index is 0.0143. The molecule has 2 saturated heterocycles. The molecule has 3 N–H and O–H groups in total. The Hall–Kier alpha value is -2.62. The zero-order valence-electron chi connectivity index (χ0n) is 18.3. The van der Waals surface area contributed by atoms with Gasteiger partial charge in [0.05, 0.1) is 30.1 Å². The van der Waals surface area contributed by atoms with Gasteiger partial charge in [0.25, 0.3) is 0 Å². The van der Waals surface area contributed by atoms with Crippen molar-refractivity contribution < 1.29 is 22.7 Å². The first-order valence-electron chi connectivity index (χ1n) is 10.7. The van der Waals surface area contributed by atoms with Crippen LogP contribution in [0.25, 0.3) is 0 Å². The molecule has 2 aliphatic rings. The van der Waals surface area contributed by atoms with E-state index < -0.39 is 9.84 Å². The Kier molecular flexibility index (Phi) is 6.68. The molecule has 2 aromatic carbocycles. The summed E-state index contributed by atoms with van der Waals surface area (Å²) in [5.74, 6) is 1.29. The van der Waals surface area contributed by atoms with E-state index in [0.717, 1.165) is 31.5 Å². The molecule has 3 atom stereocenters. The van der Waals surface area contributed by atoms with E-state index in [1.165, 1.54) is 26.4 Å². The lowest BCUT2D eigenvalue weighted by molar-refractivity contribution is -0.123. The summed E-state index contributed by atoms with van der Waals surface area (Å²) < 4.78 is 36.5. The number of piperidine rings is 1. The quantitative estimate of drug-likeness (QED) is 0.576. The first-order valence-corrected chi connectivity index (χ1v) is 12.2. The van der Waals surface area contributed by atoms with Gasteiger partial charge in [-0.2, -0.15) is 0 Å². The molecule has 1 amide bonds. The minimum atomic E-state index is -3.74. The highest BCUT2D eigenvalue weighted by Gasteiger charge is 2.38. The smallest absolute Gasteiger partial charge is 0.237 e. The number of ether oxygens (including phenoxy) is 2. The average Bonchev–Trinajstić information content (AvgIpc) is 3.27. The summed E-state index contributed by atoms with van der Waals surface area (Å²) in [6, 6.07) is 11.3. The van der Waals surface area contributed by atoms with Crippen LogP contribution >= 0.6 is 0 Å². The van der Waals surface area contributed by atoms with Crippen molar-refractivity contribution >= 4 is 15.7 Å². The second-order valence-corrected chi connectivity index (χ2v) is 10.2. The van der Waals surface area contributed by atoms with Crippen LogP contribution in [0.4, 0.5) is 0 Å². The lowest BCUT2D eigenvalue weighted by Gasteiger charge is -2.25. The third-order valence-corrected chi connectivity index (χ3v) is 7.96. The zero-order valence-corrected chi connectivity index (χ0v) is 19.1. The van der Waals surface area contributed by atoms with Crippen LogP contribution in [-0.2, 0) is 21.2 Å².